The molecule has 0 saturated carbocycles. The fourth-order valence-corrected chi connectivity index (χ4v) is 5.47. The van der Waals surface area contributed by atoms with Crippen LogP contribution in [0.3, 0.4) is 0 Å². The molecule has 3 rings (SSSR count). The van der Waals surface area contributed by atoms with E-state index in [2.05, 4.69) is 5.32 Å². The number of hydrogen-bond acceptors (Lipinski definition) is 6. The topological polar surface area (TPSA) is 105 Å². The number of ether oxygens (including phenoxy) is 2. The second-order valence-electron chi connectivity index (χ2n) is 9.36. The van der Waals surface area contributed by atoms with Crippen LogP contribution in [-0.4, -0.2) is 58.5 Å². The van der Waals surface area contributed by atoms with Gasteiger partial charge in [-0.15, -0.1) is 0 Å². The van der Waals surface area contributed by atoms with E-state index >= 15 is 0 Å². The van der Waals surface area contributed by atoms with Gasteiger partial charge in [-0.3, -0.25) is 13.9 Å². The number of nitrogens with zero attached hydrogens (tertiary/aromatic N) is 2. The van der Waals surface area contributed by atoms with Gasteiger partial charge in [-0.1, -0.05) is 36.8 Å². The van der Waals surface area contributed by atoms with Crippen molar-refractivity contribution >= 4 is 27.5 Å². The van der Waals surface area contributed by atoms with Crippen molar-refractivity contribution in [2.45, 2.75) is 44.7 Å². The number of rotatable bonds is 13. The first kappa shape index (κ1) is 30.5. The van der Waals surface area contributed by atoms with Crippen LogP contribution in [0.15, 0.2) is 77.7 Å². The summed E-state index contributed by atoms with van der Waals surface area (Å²) in [7, 11) is -1.08. The molecule has 10 heteroatoms. The van der Waals surface area contributed by atoms with E-state index in [0.717, 1.165) is 21.9 Å². The summed E-state index contributed by atoms with van der Waals surface area (Å²) in [6.45, 7) is 5.46. The SMILES string of the molecule is CCCNC(=O)[C@@H](C)N(Cc1cccc(OC)c1)C(=O)CN(c1ccc(OC)cc1)S(=O)(=O)c1ccc(C)cc1. The molecule has 1 atom stereocenters. The summed E-state index contributed by atoms with van der Waals surface area (Å²) in [6.07, 6.45) is 0.738. The highest BCUT2D eigenvalue weighted by Gasteiger charge is 2.32. The second kappa shape index (κ2) is 13.8. The average molecular weight is 568 g/mol. The first-order valence-corrected chi connectivity index (χ1v) is 14.5. The van der Waals surface area contributed by atoms with Gasteiger partial charge in [0.05, 0.1) is 24.8 Å². The van der Waals surface area contributed by atoms with Crippen LogP contribution in [0.2, 0.25) is 0 Å². The molecule has 0 spiro atoms. The molecule has 0 aliphatic rings. The van der Waals surface area contributed by atoms with E-state index in [-0.39, 0.29) is 17.3 Å². The quantitative estimate of drug-likeness (QED) is 0.333. The summed E-state index contributed by atoms with van der Waals surface area (Å²) in [5.41, 5.74) is 1.93. The lowest BCUT2D eigenvalue weighted by molar-refractivity contribution is -0.139. The average Bonchev–Trinajstić information content (AvgIpc) is 2.97. The number of sulfonamides is 1. The number of nitrogens with one attached hydrogen (secondary N) is 1. The first-order valence-electron chi connectivity index (χ1n) is 13.0. The minimum atomic E-state index is -4.14. The summed E-state index contributed by atoms with van der Waals surface area (Å²) in [4.78, 5) is 28.3. The van der Waals surface area contributed by atoms with Crippen molar-refractivity contribution in [1.29, 1.82) is 0 Å². The Morgan fingerprint density at radius 1 is 0.925 bits per heavy atom. The van der Waals surface area contributed by atoms with E-state index in [4.69, 9.17) is 9.47 Å². The molecule has 1 N–H and O–H groups in total. The van der Waals surface area contributed by atoms with Crippen LogP contribution in [0.4, 0.5) is 5.69 Å². The highest BCUT2D eigenvalue weighted by molar-refractivity contribution is 7.92. The standard InChI is InChI=1S/C30H37N3O6S/c1-6-18-31-30(35)23(3)32(20-24-8-7-9-27(19-24)39-5)29(34)21-33(25-12-14-26(38-4)15-13-25)40(36,37)28-16-10-22(2)11-17-28/h7-17,19,23H,6,18,20-21H2,1-5H3,(H,31,35)/t23-/m1/s1. The summed E-state index contributed by atoms with van der Waals surface area (Å²) < 4.78 is 39.4. The van der Waals surface area contributed by atoms with Crippen LogP contribution in [0.1, 0.15) is 31.4 Å². The van der Waals surface area contributed by atoms with E-state index in [9.17, 15) is 18.0 Å². The van der Waals surface area contributed by atoms with Crippen molar-refractivity contribution < 1.29 is 27.5 Å². The van der Waals surface area contributed by atoms with Crippen LogP contribution < -0.4 is 19.1 Å². The van der Waals surface area contributed by atoms with Crippen LogP contribution in [-0.2, 0) is 26.2 Å². The molecule has 0 radical (unpaired) electrons. The maximum absolute atomic E-state index is 13.9. The molecule has 40 heavy (non-hydrogen) atoms. The Kier molecular flexibility index (Phi) is 10.6. The molecule has 3 aromatic carbocycles. The van der Waals surface area contributed by atoms with E-state index in [1.165, 1.54) is 24.1 Å². The summed E-state index contributed by atoms with van der Waals surface area (Å²) >= 11 is 0. The number of anilines is 1. The molecule has 0 fully saturated rings. The van der Waals surface area contributed by atoms with Gasteiger partial charge in [0.1, 0.15) is 24.1 Å². The smallest absolute Gasteiger partial charge is 0.264 e. The number of methoxy groups -OCH3 is 2. The molecule has 0 unspecified atom stereocenters. The Labute approximate surface area is 236 Å². The van der Waals surface area contributed by atoms with Gasteiger partial charge in [-0.25, -0.2) is 8.42 Å². The van der Waals surface area contributed by atoms with Crippen molar-refractivity contribution in [2.75, 3.05) is 31.6 Å². The first-order chi connectivity index (χ1) is 19.1. The molecule has 0 aliphatic heterocycles. The molecular weight excluding hydrogens is 530 g/mol. The molecule has 9 nitrogen and oxygen atoms in total. The zero-order valence-corrected chi connectivity index (χ0v) is 24.4. The van der Waals surface area contributed by atoms with Crippen molar-refractivity contribution in [1.82, 2.24) is 10.2 Å². The van der Waals surface area contributed by atoms with Gasteiger partial charge in [0.15, 0.2) is 0 Å². The predicted molar refractivity (Wildman–Crippen MR) is 155 cm³/mol. The molecule has 3 aromatic rings. The van der Waals surface area contributed by atoms with Crippen LogP contribution in [0.25, 0.3) is 0 Å². The lowest BCUT2D eigenvalue weighted by atomic mass is 10.1. The number of carbonyl (C=O) groups excluding carboxylic acids is 2. The number of amides is 2. The Hall–Kier alpha value is -4.05. The van der Waals surface area contributed by atoms with E-state index in [1.807, 2.05) is 19.9 Å². The summed E-state index contributed by atoms with van der Waals surface area (Å²) in [5.74, 6) is 0.294. The third kappa shape index (κ3) is 7.53. The monoisotopic (exact) mass is 567 g/mol. The van der Waals surface area contributed by atoms with Gasteiger partial charge in [-0.05, 0) is 74.4 Å². The minimum Gasteiger partial charge on any atom is -0.497 e. The third-order valence-electron chi connectivity index (χ3n) is 6.45. The number of hydrogen-bond donors (Lipinski definition) is 1. The molecule has 0 aliphatic carbocycles. The minimum absolute atomic E-state index is 0.0507. The number of aryl methyl sites for hydroxylation is 1. The molecule has 0 bridgehead atoms. The van der Waals surface area contributed by atoms with Crippen LogP contribution in [0.5, 0.6) is 11.5 Å². The van der Waals surface area contributed by atoms with E-state index < -0.39 is 28.5 Å². The van der Waals surface area contributed by atoms with Crippen molar-refractivity contribution in [3.05, 3.63) is 83.9 Å². The fraction of sp³-hybridized carbons (Fsp3) is 0.333. The van der Waals surface area contributed by atoms with Gasteiger partial charge >= 0.3 is 0 Å². The maximum atomic E-state index is 13.9. The summed E-state index contributed by atoms with van der Waals surface area (Å²) in [6, 6.07) is 19.2. The number of carbonyl (C=O) groups is 2. The highest BCUT2D eigenvalue weighted by atomic mass is 32.2. The molecule has 2 amide bonds. The Morgan fingerprint density at radius 2 is 1.57 bits per heavy atom. The van der Waals surface area contributed by atoms with E-state index in [1.54, 1.807) is 68.6 Å². The maximum Gasteiger partial charge on any atom is 0.264 e. The molecule has 0 saturated heterocycles. The molecule has 0 aromatic heterocycles. The summed E-state index contributed by atoms with van der Waals surface area (Å²) in [5, 5.41) is 2.83. The van der Waals surface area contributed by atoms with Gasteiger partial charge in [0, 0.05) is 13.1 Å². The lowest BCUT2D eigenvalue weighted by Gasteiger charge is -2.32. The van der Waals surface area contributed by atoms with Crippen molar-refractivity contribution in [3.8, 4) is 11.5 Å². The predicted octanol–water partition coefficient (Wildman–Crippen LogP) is 4.15. The Morgan fingerprint density at radius 3 is 2.17 bits per heavy atom. The van der Waals surface area contributed by atoms with Gasteiger partial charge in [-0.2, -0.15) is 0 Å². The fourth-order valence-electron chi connectivity index (χ4n) is 4.06. The zero-order chi connectivity index (χ0) is 29.3. The van der Waals surface area contributed by atoms with Crippen molar-refractivity contribution in [2.24, 2.45) is 0 Å². The van der Waals surface area contributed by atoms with Gasteiger partial charge in [0.25, 0.3) is 10.0 Å². The molecule has 214 valence electrons. The Balaban J connectivity index is 2.03. The van der Waals surface area contributed by atoms with Gasteiger partial charge in [0.2, 0.25) is 11.8 Å². The van der Waals surface area contributed by atoms with Crippen LogP contribution >= 0.6 is 0 Å². The molecule has 0 heterocycles. The third-order valence-corrected chi connectivity index (χ3v) is 8.24. The largest absolute Gasteiger partial charge is 0.497 e. The second-order valence-corrected chi connectivity index (χ2v) is 11.2. The molecular formula is C30H37N3O6S. The number of benzene rings is 3. The van der Waals surface area contributed by atoms with Crippen molar-refractivity contribution in [3.63, 3.8) is 0 Å². The zero-order valence-electron chi connectivity index (χ0n) is 23.6. The normalized spacial score (nSPS) is 11.8. The Bertz CT molecular complexity index is 1390. The van der Waals surface area contributed by atoms with Crippen LogP contribution in [0, 0.1) is 6.92 Å². The van der Waals surface area contributed by atoms with E-state index in [0.29, 0.717) is 23.7 Å². The lowest BCUT2D eigenvalue weighted by Crippen LogP contribution is -2.51. The van der Waals surface area contributed by atoms with Gasteiger partial charge < -0.3 is 19.7 Å². The highest BCUT2D eigenvalue weighted by Crippen LogP contribution is 2.27.